The first-order valence-electron chi connectivity index (χ1n) is 8.07. The van der Waals surface area contributed by atoms with E-state index in [0.29, 0.717) is 30.3 Å². The zero-order valence-electron chi connectivity index (χ0n) is 14.9. The maximum Gasteiger partial charge on any atom is 0.254 e. The smallest absolute Gasteiger partial charge is 0.254 e. The molecule has 0 saturated heterocycles. The SMILES string of the molecule is COc1cc(C)n(CCNC(=O)c2ccc(OC(C)C)nc2)c(=O)c1. The Kier molecular flexibility index (Phi) is 6.16. The van der Waals surface area contributed by atoms with Crippen LogP contribution in [0.4, 0.5) is 0 Å². The molecule has 2 heterocycles. The third-order valence-corrected chi connectivity index (χ3v) is 3.52. The van der Waals surface area contributed by atoms with Gasteiger partial charge in [-0.15, -0.1) is 0 Å². The first kappa shape index (κ1) is 18.5. The highest BCUT2D eigenvalue weighted by atomic mass is 16.5. The molecule has 0 unspecified atom stereocenters. The van der Waals surface area contributed by atoms with Gasteiger partial charge in [-0.3, -0.25) is 9.59 Å². The topological polar surface area (TPSA) is 82.4 Å². The largest absolute Gasteiger partial charge is 0.496 e. The van der Waals surface area contributed by atoms with Crippen molar-refractivity contribution in [3.8, 4) is 11.6 Å². The number of ether oxygens (including phenoxy) is 2. The van der Waals surface area contributed by atoms with Crippen LogP contribution in [0, 0.1) is 6.92 Å². The molecule has 0 aromatic carbocycles. The highest BCUT2D eigenvalue weighted by Crippen LogP contribution is 2.10. The van der Waals surface area contributed by atoms with Crippen molar-refractivity contribution >= 4 is 5.91 Å². The molecule has 2 rings (SSSR count). The molecule has 0 spiro atoms. The molecule has 0 aliphatic carbocycles. The van der Waals surface area contributed by atoms with Crippen molar-refractivity contribution in [1.29, 1.82) is 0 Å². The van der Waals surface area contributed by atoms with Gasteiger partial charge in [-0.25, -0.2) is 4.98 Å². The van der Waals surface area contributed by atoms with Crippen LogP contribution < -0.4 is 20.3 Å². The van der Waals surface area contributed by atoms with Gasteiger partial charge in [-0.2, -0.15) is 0 Å². The number of carbonyl (C=O) groups excluding carboxylic acids is 1. The summed E-state index contributed by atoms with van der Waals surface area (Å²) in [5, 5.41) is 2.78. The Labute approximate surface area is 146 Å². The van der Waals surface area contributed by atoms with Gasteiger partial charge < -0.3 is 19.4 Å². The van der Waals surface area contributed by atoms with Crippen molar-refractivity contribution in [2.75, 3.05) is 13.7 Å². The van der Waals surface area contributed by atoms with Crippen LogP contribution in [-0.2, 0) is 6.54 Å². The van der Waals surface area contributed by atoms with Crippen LogP contribution in [0.2, 0.25) is 0 Å². The van der Waals surface area contributed by atoms with Crippen molar-refractivity contribution in [2.45, 2.75) is 33.4 Å². The number of aromatic nitrogens is 2. The number of methoxy groups -OCH3 is 1. The van der Waals surface area contributed by atoms with E-state index in [9.17, 15) is 9.59 Å². The molecule has 0 saturated carbocycles. The monoisotopic (exact) mass is 345 g/mol. The molecule has 0 fully saturated rings. The quantitative estimate of drug-likeness (QED) is 0.827. The van der Waals surface area contributed by atoms with Gasteiger partial charge in [0.15, 0.2) is 0 Å². The Hall–Kier alpha value is -2.83. The summed E-state index contributed by atoms with van der Waals surface area (Å²) in [6, 6.07) is 6.52. The van der Waals surface area contributed by atoms with Crippen LogP contribution in [0.25, 0.3) is 0 Å². The highest BCUT2D eigenvalue weighted by Gasteiger charge is 2.08. The third kappa shape index (κ3) is 5.07. The van der Waals surface area contributed by atoms with Crippen molar-refractivity contribution < 1.29 is 14.3 Å². The molecule has 0 radical (unpaired) electrons. The molecule has 25 heavy (non-hydrogen) atoms. The summed E-state index contributed by atoms with van der Waals surface area (Å²) in [6.07, 6.45) is 1.50. The molecule has 134 valence electrons. The molecule has 1 N–H and O–H groups in total. The summed E-state index contributed by atoms with van der Waals surface area (Å²) in [4.78, 5) is 28.3. The summed E-state index contributed by atoms with van der Waals surface area (Å²) < 4.78 is 12.1. The van der Waals surface area contributed by atoms with Crippen molar-refractivity contribution in [1.82, 2.24) is 14.9 Å². The van der Waals surface area contributed by atoms with E-state index in [2.05, 4.69) is 10.3 Å². The summed E-state index contributed by atoms with van der Waals surface area (Å²) >= 11 is 0. The Morgan fingerprint density at radius 1 is 1.32 bits per heavy atom. The fraction of sp³-hybridized carbons (Fsp3) is 0.389. The van der Waals surface area contributed by atoms with Crippen molar-refractivity contribution in [2.24, 2.45) is 0 Å². The number of hydrogen-bond acceptors (Lipinski definition) is 5. The van der Waals surface area contributed by atoms with Crippen LogP contribution in [0.3, 0.4) is 0 Å². The molecule has 0 atom stereocenters. The molecule has 7 heteroatoms. The van der Waals surface area contributed by atoms with E-state index < -0.39 is 0 Å². The zero-order chi connectivity index (χ0) is 18.4. The predicted molar refractivity (Wildman–Crippen MR) is 94.3 cm³/mol. The fourth-order valence-corrected chi connectivity index (χ4v) is 2.31. The van der Waals surface area contributed by atoms with E-state index in [0.717, 1.165) is 5.69 Å². The first-order valence-corrected chi connectivity index (χ1v) is 8.07. The second kappa shape index (κ2) is 8.32. The number of amides is 1. The third-order valence-electron chi connectivity index (χ3n) is 3.52. The minimum absolute atomic E-state index is 0.0261. The average molecular weight is 345 g/mol. The Balaban J connectivity index is 1.93. The number of carbonyl (C=O) groups is 1. The van der Waals surface area contributed by atoms with Gasteiger partial charge in [-0.05, 0) is 32.9 Å². The lowest BCUT2D eigenvalue weighted by atomic mass is 10.2. The number of rotatable bonds is 7. The van der Waals surface area contributed by atoms with E-state index in [4.69, 9.17) is 9.47 Å². The lowest BCUT2D eigenvalue weighted by molar-refractivity contribution is 0.0951. The maximum atomic E-state index is 12.1. The average Bonchev–Trinajstić information content (AvgIpc) is 2.57. The number of nitrogens with one attached hydrogen (secondary N) is 1. The molecule has 1 amide bonds. The second-order valence-electron chi connectivity index (χ2n) is 5.83. The number of pyridine rings is 2. The van der Waals surface area contributed by atoms with Gasteiger partial charge in [-0.1, -0.05) is 0 Å². The molecule has 2 aromatic heterocycles. The van der Waals surface area contributed by atoms with Crippen molar-refractivity contribution in [3.05, 3.63) is 52.1 Å². The minimum Gasteiger partial charge on any atom is -0.496 e. The molecule has 7 nitrogen and oxygen atoms in total. The molecular weight excluding hydrogens is 322 g/mol. The Morgan fingerprint density at radius 3 is 2.64 bits per heavy atom. The summed E-state index contributed by atoms with van der Waals surface area (Å²) in [5.74, 6) is 0.757. The van der Waals surface area contributed by atoms with Gasteiger partial charge in [0.2, 0.25) is 5.88 Å². The van der Waals surface area contributed by atoms with E-state index in [1.54, 1.807) is 22.8 Å². The van der Waals surface area contributed by atoms with E-state index >= 15 is 0 Å². The summed E-state index contributed by atoms with van der Waals surface area (Å²) in [6.45, 7) is 6.35. The van der Waals surface area contributed by atoms with Gasteiger partial charge in [0.05, 0.1) is 18.8 Å². The number of aryl methyl sites for hydroxylation is 1. The summed E-state index contributed by atoms with van der Waals surface area (Å²) in [5.41, 5.74) is 1.05. The van der Waals surface area contributed by atoms with Gasteiger partial charge in [0, 0.05) is 37.1 Å². The first-order chi connectivity index (χ1) is 11.9. The lowest BCUT2D eigenvalue weighted by Gasteiger charge is -2.12. The lowest BCUT2D eigenvalue weighted by Crippen LogP contribution is -2.31. The Morgan fingerprint density at radius 2 is 2.08 bits per heavy atom. The van der Waals surface area contributed by atoms with E-state index in [-0.39, 0.29) is 17.6 Å². The number of hydrogen-bond donors (Lipinski definition) is 1. The van der Waals surface area contributed by atoms with E-state index in [1.807, 2.05) is 20.8 Å². The van der Waals surface area contributed by atoms with Gasteiger partial charge in [0.1, 0.15) is 5.75 Å². The fourth-order valence-electron chi connectivity index (χ4n) is 2.31. The van der Waals surface area contributed by atoms with Crippen LogP contribution in [0.5, 0.6) is 11.6 Å². The Bertz CT molecular complexity index is 782. The summed E-state index contributed by atoms with van der Waals surface area (Å²) in [7, 11) is 1.52. The second-order valence-corrected chi connectivity index (χ2v) is 5.83. The van der Waals surface area contributed by atoms with Crippen LogP contribution >= 0.6 is 0 Å². The number of nitrogens with zero attached hydrogens (tertiary/aromatic N) is 2. The van der Waals surface area contributed by atoms with Crippen LogP contribution in [0.1, 0.15) is 29.9 Å². The molecule has 0 aliphatic heterocycles. The molecular formula is C18H23N3O4. The van der Waals surface area contributed by atoms with Gasteiger partial charge in [0.25, 0.3) is 11.5 Å². The minimum atomic E-state index is -0.247. The van der Waals surface area contributed by atoms with Crippen LogP contribution in [0.15, 0.2) is 35.3 Å². The maximum absolute atomic E-state index is 12.1. The molecule has 0 bridgehead atoms. The van der Waals surface area contributed by atoms with E-state index in [1.165, 1.54) is 19.4 Å². The normalized spacial score (nSPS) is 10.6. The van der Waals surface area contributed by atoms with Crippen molar-refractivity contribution in [3.63, 3.8) is 0 Å². The highest BCUT2D eigenvalue weighted by molar-refractivity contribution is 5.93. The zero-order valence-corrected chi connectivity index (χ0v) is 14.9. The standard InChI is InChI=1S/C18H23N3O4/c1-12(2)25-16-6-5-14(11-20-16)18(23)19-7-8-21-13(3)9-15(24-4)10-17(21)22/h5-6,9-12H,7-8H2,1-4H3,(H,19,23). The predicted octanol–water partition coefficient (Wildman–Crippen LogP) is 1.78. The molecule has 0 aliphatic rings. The van der Waals surface area contributed by atoms with Gasteiger partial charge >= 0.3 is 0 Å². The van der Waals surface area contributed by atoms with Crippen LogP contribution in [-0.4, -0.2) is 35.2 Å². The molecule has 2 aromatic rings.